The van der Waals surface area contributed by atoms with Crippen LogP contribution < -0.4 is 4.74 Å². The van der Waals surface area contributed by atoms with E-state index in [1.807, 2.05) is 6.07 Å². The van der Waals surface area contributed by atoms with E-state index in [0.29, 0.717) is 5.75 Å². The Morgan fingerprint density at radius 3 is 1.89 bits per heavy atom. The summed E-state index contributed by atoms with van der Waals surface area (Å²) in [5.74, 6) is 2.37. The lowest BCUT2D eigenvalue weighted by molar-refractivity contribution is -0.140. The van der Waals surface area contributed by atoms with Gasteiger partial charge >= 0.3 is 5.97 Å². The topological polar surface area (TPSA) is 26.3 Å². The third kappa shape index (κ3) is 10.2. The monoisotopic (exact) mass is 500 g/mol. The molecule has 0 amide bonds. The van der Waals surface area contributed by atoms with E-state index in [1.165, 1.54) is 96.0 Å². The van der Waals surface area contributed by atoms with Crippen molar-refractivity contribution in [3.8, 4) is 5.75 Å². The van der Waals surface area contributed by atoms with Crippen molar-refractivity contribution < 1.29 is 13.9 Å². The number of hydrogen-bond donors (Lipinski definition) is 0. The Balaban J connectivity index is 1.34. The summed E-state index contributed by atoms with van der Waals surface area (Å²) in [5, 5.41) is 0. The molecule has 2 nitrogen and oxygen atoms in total. The summed E-state index contributed by atoms with van der Waals surface area (Å²) in [6, 6.07) is 5.06. The van der Waals surface area contributed by atoms with Crippen LogP contribution in [0.3, 0.4) is 0 Å². The van der Waals surface area contributed by atoms with Crippen LogP contribution in [-0.2, 0) is 11.2 Å². The number of unbranched alkanes of at least 4 members (excludes halogenated alkanes) is 6. The number of esters is 1. The summed E-state index contributed by atoms with van der Waals surface area (Å²) in [7, 11) is 0. The van der Waals surface area contributed by atoms with Crippen LogP contribution in [0.1, 0.15) is 141 Å². The van der Waals surface area contributed by atoms with E-state index in [9.17, 15) is 9.18 Å². The van der Waals surface area contributed by atoms with E-state index in [-0.39, 0.29) is 17.7 Å². The van der Waals surface area contributed by atoms with Gasteiger partial charge in [-0.05, 0) is 67.9 Å². The summed E-state index contributed by atoms with van der Waals surface area (Å²) in [6.45, 7) is 4.53. The molecule has 204 valence electrons. The maximum Gasteiger partial charge on any atom is 0.314 e. The molecule has 1 aromatic rings. The molecule has 0 saturated heterocycles. The largest absolute Gasteiger partial charge is 0.426 e. The summed E-state index contributed by atoms with van der Waals surface area (Å²) in [6.07, 6.45) is 24.7. The Kier molecular flexibility index (Phi) is 13.3. The molecule has 0 aromatic heterocycles. The second kappa shape index (κ2) is 16.5. The van der Waals surface area contributed by atoms with Gasteiger partial charge < -0.3 is 4.74 Å². The molecule has 3 heteroatoms. The molecule has 2 saturated carbocycles. The maximum absolute atomic E-state index is 14.8. The molecular weight excluding hydrogens is 447 g/mol. The fraction of sp³-hybridized carbons (Fsp3) is 0.788. The first-order valence-electron chi connectivity index (χ1n) is 15.6. The third-order valence-electron chi connectivity index (χ3n) is 9.14. The lowest BCUT2D eigenvalue weighted by Gasteiger charge is -2.28. The summed E-state index contributed by atoms with van der Waals surface area (Å²) in [4.78, 5) is 12.7. The molecule has 2 aliphatic rings. The van der Waals surface area contributed by atoms with Crippen molar-refractivity contribution in [2.24, 2.45) is 23.7 Å². The minimum Gasteiger partial charge on any atom is -0.426 e. The first-order valence-corrected chi connectivity index (χ1v) is 15.6. The van der Waals surface area contributed by atoms with Gasteiger partial charge in [0.25, 0.3) is 0 Å². The minimum absolute atomic E-state index is 0.0267. The predicted molar refractivity (Wildman–Crippen MR) is 149 cm³/mol. The second-order valence-electron chi connectivity index (χ2n) is 12.0. The van der Waals surface area contributed by atoms with Gasteiger partial charge in [-0.15, -0.1) is 0 Å². The van der Waals surface area contributed by atoms with Gasteiger partial charge in [0.2, 0.25) is 0 Å². The van der Waals surface area contributed by atoms with Crippen LogP contribution in [0.2, 0.25) is 0 Å². The van der Waals surface area contributed by atoms with Crippen LogP contribution in [0.5, 0.6) is 5.75 Å². The van der Waals surface area contributed by atoms with E-state index >= 15 is 0 Å². The molecule has 3 rings (SSSR count). The SMILES string of the molecule is CCCCCCC[C@H]1CC[C@H](C(=O)Oc2ccc(CC[C@H]3CC[C@H](CCCCC)CC3)c(F)c2)CC1. The highest BCUT2D eigenvalue weighted by Crippen LogP contribution is 2.35. The first-order chi connectivity index (χ1) is 17.6. The molecule has 0 heterocycles. The Bertz CT molecular complexity index is 744. The fourth-order valence-corrected chi connectivity index (χ4v) is 6.57. The van der Waals surface area contributed by atoms with Crippen molar-refractivity contribution in [1.82, 2.24) is 0 Å². The zero-order valence-electron chi connectivity index (χ0n) is 23.4. The average Bonchev–Trinajstić information content (AvgIpc) is 2.89. The molecule has 0 radical (unpaired) electrons. The molecule has 0 aliphatic heterocycles. The Morgan fingerprint density at radius 1 is 0.750 bits per heavy atom. The number of halogens is 1. The zero-order valence-corrected chi connectivity index (χ0v) is 23.4. The van der Waals surface area contributed by atoms with E-state index in [2.05, 4.69) is 13.8 Å². The second-order valence-corrected chi connectivity index (χ2v) is 12.0. The first kappa shape index (κ1) is 29.2. The van der Waals surface area contributed by atoms with Gasteiger partial charge in [-0.3, -0.25) is 4.79 Å². The Labute approximate surface area is 221 Å². The van der Waals surface area contributed by atoms with Crippen LogP contribution in [0.15, 0.2) is 18.2 Å². The summed E-state index contributed by atoms with van der Waals surface area (Å²) < 4.78 is 20.4. The normalized spacial score (nSPS) is 24.5. The fourth-order valence-electron chi connectivity index (χ4n) is 6.57. The van der Waals surface area contributed by atoms with Gasteiger partial charge in [0.15, 0.2) is 0 Å². The van der Waals surface area contributed by atoms with Crippen LogP contribution >= 0.6 is 0 Å². The molecule has 0 unspecified atom stereocenters. The molecule has 36 heavy (non-hydrogen) atoms. The molecule has 0 bridgehead atoms. The van der Waals surface area contributed by atoms with Crippen molar-refractivity contribution in [1.29, 1.82) is 0 Å². The smallest absolute Gasteiger partial charge is 0.314 e. The molecular formula is C33H53FO2. The van der Waals surface area contributed by atoms with Crippen molar-refractivity contribution >= 4 is 5.97 Å². The van der Waals surface area contributed by atoms with Gasteiger partial charge in [0, 0.05) is 6.07 Å². The van der Waals surface area contributed by atoms with E-state index < -0.39 is 0 Å². The third-order valence-corrected chi connectivity index (χ3v) is 9.14. The quantitative estimate of drug-likeness (QED) is 0.136. The van der Waals surface area contributed by atoms with Crippen molar-refractivity contribution in [3.05, 3.63) is 29.6 Å². The number of carbonyl (C=O) groups excluding carboxylic acids is 1. The Hall–Kier alpha value is -1.38. The number of aryl methyl sites for hydroxylation is 1. The van der Waals surface area contributed by atoms with Gasteiger partial charge in [0.1, 0.15) is 11.6 Å². The van der Waals surface area contributed by atoms with E-state index in [0.717, 1.165) is 61.8 Å². The molecule has 1 aromatic carbocycles. The molecule has 0 spiro atoms. The van der Waals surface area contributed by atoms with Crippen LogP contribution in [0, 0.1) is 29.5 Å². The minimum atomic E-state index is -0.222. The lowest BCUT2D eigenvalue weighted by atomic mass is 9.78. The number of ether oxygens (including phenoxy) is 1. The highest BCUT2D eigenvalue weighted by atomic mass is 19.1. The predicted octanol–water partition coefficient (Wildman–Crippen LogP) is 10.2. The van der Waals surface area contributed by atoms with Crippen LogP contribution in [0.25, 0.3) is 0 Å². The summed E-state index contributed by atoms with van der Waals surface area (Å²) in [5.41, 5.74) is 0.763. The van der Waals surface area contributed by atoms with Crippen molar-refractivity contribution in [2.75, 3.05) is 0 Å². The molecule has 0 N–H and O–H groups in total. The van der Waals surface area contributed by atoms with E-state index in [1.54, 1.807) is 6.07 Å². The van der Waals surface area contributed by atoms with Crippen molar-refractivity contribution in [3.63, 3.8) is 0 Å². The van der Waals surface area contributed by atoms with Crippen molar-refractivity contribution in [2.45, 2.75) is 142 Å². The average molecular weight is 501 g/mol. The van der Waals surface area contributed by atoms with Gasteiger partial charge in [-0.1, -0.05) is 110 Å². The van der Waals surface area contributed by atoms with Gasteiger partial charge in [-0.2, -0.15) is 0 Å². The number of carbonyl (C=O) groups is 1. The molecule has 2 aliphatic carbocycles. The zero-order chi connectivity index (χ0) is 25.6. The number of rotatable bonds is 15. The molecule has 0 atom stereocenters. The highest BCUT2D eigenvalue weighted by Gasteiger charge is 2.28. The van der Waals surface area contributed by atoms with E-state index in [4.69, 9.17) is 4.74 Å². The number of benzene rings is 1. The standard InChI is InChI=1S/C33H53FO2/c1-3-5-7-8-10-12-27-18-21-30(22-19-27)33(35)36-31-24-23-29(32(34)25-31)20-17-28-15-13-26(14-16-28)11-9-6-4-2/h23-28,30H,3-22H2,1-2H3/t26-,27-,28-,30-. The molecule has 2 fully saturated rings. The lowest BCUT2D eigenvalue weighted by Crippen LogP contribution is -2.25. The summed E-state index contributed by atoms with van der Waals surface area (Å²) >= 11 is 0. The number of hydrogen-bond acceptors (Lipinski definition) is 2. The van der Waals surface area contributed by atoms with Crippen LogP contribution in [-0.4, -0.2) is 5.97 Å². The Morgan fingerprint density at radius 2 is 1.28 bits per heavy atom. The van der Waals surface area contributed by atoms with Crippen LogP contribution in [0.4, 0.5) is 4.39 Å². The maximum atomic E-state index is 14.8. The van der Waals surface area contributed by atoms with Gasteiger partial charge in [-0.25, -0.2) is 4.39 Å². The highest BCUT2D eigenvalue weighted by molar-refractivity contribution is 5.75. The van der Waals surface area contributed by atoms with Gasteiger partial charge in [0.05, 0.1) is 5.92 Å².